The third-order valence-electron chi connectivity index (χ3n) is 6.26. The first-order chi connectivity index (χ1) is 18.8. The van der Waals surface area contributed by atoms with Crippen LogP contribution in [0.5, 0.6) is 11.5 Å². The van der Waals surface area contributed by atoms with Crippen molar-refractivity contribution in [2.24, 2.45) is 0 Å². The molecule has 4 nitrogen and oxygen atoms in total. The Morgan fingerprint density at radius 3 is 1.21 bits per heavy atom. The van der Waals surface area contributed by atoms with Crippen LogP contribution < -0.4 is 9.47 Å². The Kier molecular flexibility index (Phi) is 8.94. The molecule has 4 aromatic carbocycles. The van der Waals surface area contributed by atoms with Crippen LogP contribution in [0.25, 0.3) is 12.2 Å². The van der Waals surface area contributed by atoms with Gasteiger partial charge < -0.3 is 9.47 Å². The highest BCUT2D eigenvalue weighted by Crippen LogP contribution is 2.38. The molecule has 4 rings (SSSR count). The highest BCUT2D eigenvalue weighted by molar-refractivity contribution is 7.92. The number of halogens is 2. The number of sulfone groups is 1. The van der Waals surface area contributed by atoms with Gasteiger partial charge in [-0.2, -0.15) is 0 Å². The van der Waals surface area contributed by atoms with Crippen LogP contribution in [-0.4, -0.2) is 22.6 Å². The minimum absolute atomic E-state index is 0.378. The molecule has 0 N–H and O–H groups in total. The average molecular weight is 547 g/mol. The van der Waals surface area contributed by atoms with Gasteiger partial charge in [0.25, 0.3) is 0 Å². The van der Waals surface area contributed by atoms with Crippen LogP contribution in [0, 0.1) is 11.6 Å². The molecule has 0 aliphatic rings. The predicted molar refractivity (Wildman–Crippen MR) is 151 cm³/mol. The lowest BCUT2D eigenvalue weighted by Crippen LogP contribution is -2.19. The second-order valence-corrected chi connectivity index (χ2v) is 11.0. The van der Waals surface area contributed by atoms with Gasteiger partial charge in [-0.3, -0.25) is 0 Å². The van der Waals surface area contributed by atoms with Gasteiger partial charge in [-0.1, -0.05) is 72.8 Å². The fourth-order valence-corrected chi connectivity index (χ4v) is 6.09. The van der Waals surface area contributed by atoms with Gasteiger partial charge in [-0.15, -0.1) is 0 Å². The second kappa shape index (κ2) is 12.5. The van der Waals surface area contributed by atoms with E-state index in [4.69, 9.17) is 9.47 Å². The number of ether oxygens (including phenoxy) is 2. The van der Waals surface area contributed by atoms with Crippen molar-refractivity contribution in [1.82, 2.24) is 0 Å². The molecular formula is C32H28F2O4S. The van der Waals surface area contributed by atoms with E-state index in [1.165, 1.54) is 38.5 Å². The highest BCUT2D eigenvalue weighted by Gasteiger charge is 2.33. The van der Waals surface area contributed by atoms with Crippen LogP contribution in [0.4, 0.5) is 8.78 Å². The Bertz CT molecular complexity index is 1410. The maximum atomic E-state index is 14.4. The lowest BCUT2D eigenvalue weighted by molar-refractivity contribution is 0.414. The van der Waals surface area contributed by atoms with Crippen molar-refractivity contribution in [1.29, 1.82) is 0 Å². The Morgan fingerprint density at radius 2 is 0.897 bits per heavy atom. The molecule has 0 heterocycles. The molecule has 7 heteroatoms. The fraction of sp³-hybridized carbons (Fsp3) is 0.125. The maximum Gasteiger partial charge on any atom is 0.171 e. The molecule has 39 heavy (non-hydrogen) atoms. The van der Waals surface area contributed by atoms with Crippen molar-refractivity contribution < 1.29 is 26.7 Å². The van der Waals surface area contributed by atoms with Gasteiger partial charge >= 0.3 is 0 Å². The predicted octanol–water partition coefficient (Wildman–Crippen LogP) is 7.61. The third kappa shape index (κ3) is 7.00. The summed E-state index contributed by atoms with van der Waals surface area (Å²) in [7, 11) is -0.890. The standard InChI is InChI=1S/C32H28F2O4S/c1-37-29-17-9-25(10-18-29)31(21-7-23-3-13-27(33)14-4-23)39(35,36)32(26-11-19-30(38-2)20-12-26)22-8-24-5-15-28(34)16-6-24/h3-22,31-32H,1-2H3. The van der Waals surface area contributed by atoms with E-state index < -0.39 is 20.3 Å². The highest BCUT2D eigenvalue weighted by atomic mass is 32.2. The first-order valence-electron chi connectivity index (χ1n) is 12.2. The van der Waals surface area contributed by atoms with Crippen molar-refractivity contribution in [3.63, 3.8) is 0 Å². The second-order valence-electron chi connectivity index (χ2n) is 8.80. The Balaban J connectivity index is 1.82. The van der Waals surface area contributed by atoms with E-state index in [0.29, 0.717) is 33.8 Å². The molecule has 0 aromatic heterocycles. The largest absolute Gasteiger partial charge is 0.497 e. The number of rotatable bonds is 10. The van der Waals surface area contributed by atoms with E-state index >= 15 is 0 Å². The summed E-state index contributed by atoms with van der Waals surface area (Å²) < 4.78 is 66.2. The first kappa shape index (κ1) is 27.8. The molecule has 0 saturated heterocycles. The van der Waals surface area contributed by atoms with Crippen LogP contribution in [0.15, 0.2) is 109 Å². The van der Waals surface area contributed by atoms with Crippen LogP contribution >= 0.6 is 0 Å². The first-order valence-corrected chi connectivity index (χ1v) is 13.8. The Morgan fingerprint density at radius 1 is 0.564 bits per heavy atom. The maximum absolute atomic E-state index is 14.4. The zero-order chi connectivity index (χ0) is 27.8. The van der Waals surface area contributed by atoms with Gasteiger partial charge in [0, 0.05) is 0 Å². The average Bonchev–Trinajstić information content (AvgIpc) is 2.95. The molecule has 0 radical (unpaired) electrons. The SMILES string of the molecule is COc1ccc(C(C=Cc2ccc(F)cc2)S(=O)(=O)C(C=Cc2ccc(F)cc2)c2ccc(OC)cc2)cc1. The topological polar surface area (TPSA) is 52.6 Å². The minimum Gasteiger partial charge on any atom is -0.497 e. The molecule has 0 amide bonds. The van der Waals surface area contributed by atoms with E-state index in [0.717, 1.165) is 0 Å². The quantitative estimate of drug-likeness (QED) is 0.205. The van der Waals surface area contributed by atoms with Gasteiger partial charge in [0.05, 0.1) is 14.2 Å². The molecule has 2 unspecified atom stereocenters. The van der Waals surface area contributed by atoms with E-state index in [2.05, 4.69) is 0 Å². The zero-order valence-electron chi connectivity index (χ0n) is 21.5. The van der Waals surface area contributed by atoms with Gasteiger partial charge in [-0.25, -0.2) is 17.2 Å². The lowest BCUT2D eigenvalue weighted by Gasteiger charge is -2.22. The lowest BCUT2D eigenvalue weighted by atomic mass is 10.1. The van der Waals surface area contributed by atoms with Crippen LogP contribution in [0.2, 0.25) is 0 Å². The van der Waals surface area contributed by atoms with Gasteiger partial charge in [0.1, 0.15) is 33.6 Å². The molecule has 4 aromatic rings. The van der Waals surface area contributed by atoms with E-state index in [1.54, 1.807) is 97.1 Å². The van der Waals surface area contributed by atoms with Crippen LogP contribution in [0.1, 0.15) is 32.8 Å². The van der Waals surface area contributed by atoms with Crippen LogP contribution in [-0.2, 0) is 9.84 Å². The number of hydrogen-bond acceptors (Lipinski definition) is 4. The van der Waals surface area contributed by atoms with Gasteiger partial charge in [0.2, 0.25) is 0 Å². The molecule has 0 spiro atoms. The summed E-state index contributed by atoms with van der Waals surface area (Å²) in [5, 5.41) is -2.09. The van der Waals surface area contributed by atoms with E-state index in [9.17, 15) is 17.2 Å². The molecule has 0 bridgehead atoms. The molecule has 200 valence electrons. The smallest absolute Gasteiger partial charge is 0.171 e. The van der Waals surface area contributed by atoms with Crippen LogP contribution in [0.3, 0.4) is 0 Å². The molecular weight excluding hydrogens is 518 g/mol. The van der Waals surface area contributed by atoms with Crippen molar-refractivity contribution in [3.05, 3.63) is 143 Å². The Labute approximate surface area is 227 Å². The third-order valence-corrected chi connectivity index (χ3v) is 8.54. The summed E-state index contributed by atoms with van der Waals surface area (Å²) in [4.78, 5) is 0. The summed E-state index contributed by atoms with van der Waals surface area (Å²) in [6.45, 7) is 0. The van der Waals surface area contributed by atoms with Gasteiger partial charge in [-0.05, 0) is 70.8 Å². The monoisotopic (exact) mass is 546 g/mol. The molecule has 0 aliphatic heterocycles. The van der Waals surface area contributed by atoms with E-state index in [1.807, 2.05) is 0 Å². The summed E-state index contributed by atoms with van der Waals surface area (Å²) in [5.74, 6) is 0.439. The molecule has 2 atom stereocenters. The van der Waals surface area contributed by atoms with Gasteiger partial charge in [0.15, 0.2) is 9.84 Å². The number of hydrogen-bond donors (Lipinski definition) is 0. The minimum atomic E-state index is -3.97. The summed E-state index contributed by atoms with van der Waals surface area (Å²) in [6, 6.07) is 25.3. The summed E-state index contributed by atoms with van der Waals surface area (Å²) >= 11 is 0. The Hall–Kier alpha value is -4.23. The normalized spacial score (nSPS) is 13.4. The summed E-state index contributed by atoms with van der Waals surface area (Å²) in [5.41, 5.74) is 2.41. The van der Waals surface area contributed by atoms with Crippen molar-refractivity contribution in [3.8, 4) is 11.5 Å². The van der Waals surface area contributed by atoms with Crippen molar-refractivity contribution in [2.45, 2.75) is 10.5 Å². The zero-order valence-corrected chi connectivity index (χ0v) is 22.3. The number of methoxy groups -OCH3 is 2. The molecule has 0 fully saturated rings. The molecule has 0 aliphatic carbocycles. The van der Waals surface area contributed by atoms with Crippen molar-refractivity contribution in [2.75, 3.05) is 14.2 Å². The van der Waals surface area contributed by atoms with Crippen molar-refractivity contribution >= 4 is 22.0 Å². The summed E-state index contributed by atoms with van der Waals surface area (Å²) in [6.07, 6.45) is 6.54. The molecule has 0 saturated carbocycles. The number of benzene rings is 4. The van der Waals surface area contributed by atoms with E-state index in [-0.39, 0.29) is 11.6 Å². The fourth-order valence-electron chi connectivity index (χ4n) is 4.11.